The van der Waals surface area contributed by atoms with E-state index in [0.717, 1.165) is 30.3 Å². The molecular formula is C19H19F3N3O+. The maximum absolute atomic E-state index is 12.9. The van der Waals surface area contributed by atoms with E-state index in [1.54, 1.807) is 6.07 Å². The van der Waals surface area contributed by atoms with Gasteiger partial charge >= 0.3 is 6.18 Å². The molecule has 136 valence electrons. The highest BCUT2D eigenvalue weighted by atomic mass is 19.4. The molecule has 1 aromatic heterocycles. The predicted molar refractivity (Wildman–Crippen MR) is 92.1 cm³/mol. The number of alkyl halides is 3. The minimum Gasteiger partial charge on any atom is -0.435 e. The SMILES string of the molecule is FC(F)(F)c1cccc(N2CC[NH+](Cc3nc4ccccc4o3)CC2)c1. The molecule has 0 unspecified atom stereocenters. The zero-order valence-corrected chi connectivity index (χ0v) is 14.1. The summed E-state index contributed by atoms with van der Waals surface area (Å²) in [6.45, 7) is 3.75. The average Bonchev–Trinajstić information content (AvgIpc) is 3.04. The summed E-state index contributed by atoms with van der Waals surface area (Å²) in [5, 5.41) is 0. The number of fused-ring (bicyclic) bond motifs is 1. The molecule has 0 bridgehead atoms. The van der Waals surface area contributed by atoms with Crippen LogP contribution in [0, 0.1) is 0 Å². The molecule has 7 heteroatoms. The van der Waals surface area contributed by atoms with Crippen LogP contribution in [0.5, 0.6) is 0 Å². The minimum absolute atomic E-state index is 0.601. The first kappa shape index (κ1) is 16.9. The second-order valence-electron chi connectivity index (χ2n) is 6.54. The van der Waals surface area contributed by atoms with Crippen molar-refractivity contribution in [3.63, 3.8) is 0 Å². The van der Waals surface area contributed by atoms with Crippen molar-refractivity contribution in [2.45, 2.75) is 12.7 Å². The number of hydrogen-bond donors (Lipinski definition) is 1. The molecule has 0 spiro atoms. The Labute approximate surface area is 148 Å². The summed E-state index contributed by atoms with van der Waals surface area (Å²) < 4.78 is 44.4. The fraction of sp³-hybridized carbons (Fsp3) is 0.316. The van der Waals surface area contributed by atoms with E-state index in [2.05, 4.69) is 4.98 Å². The molecule has 1 fully saturated rings. The van der Waals surface area contributed by atoms with Gasteiger partial charge < -0.3 is 14.2 Å². The summed E-state index contributed by atoms with van der Waals surface area (Å²) in [6, 6.07) is 13.2. The van der Waals surface area contributed by atoms with Crippen molar-refractivity contribution in [1.29, 1.82) is 0 Å². The van der Waals surface area contributed by atoms with Gasteiger partial charge in [-0.2, -0.15) is 13.2 Å². The highest BCUT2D eigenvalue weighted by Gasteiger charge is 2.31. The molecule has 1 N–H and O–H groups in total. The van der Waals surface area contributed by atoms with Crippen LogP contribution in [0.2, 0.25) is 0 Å². The van der Waals surface area contributed by atoms with Crippen LogP contribution in [0.1, 0.15) is 11.5 Å². The van der Waals surface area contributed by atoms with Gasteiger partial charge in [-0.05, 0) is 30.3 Å². The van der Waals surface area contributed by atoms with Crippen molar-refractivity contribution in [2.75, 3.05) is 31.1 Å². The molecule has 2 heterocycles. The van der Waals surface area contributed by atoms with E-state index in [9.17, 15) is 13.2 Å². The van der Waals surface area contributed by atoms with Gasteiger partial charge in [-0.15, -0.1) is 0 Å². The van der Waals surface area contributed by atoms with Crippen LogP contribution in [-0.2, 0) is 12.7 Å². The molecule has 0 amide bonds. The van der Waals surface area contributed by atoms with E-state index in [1.165, 1.54) is 17.0 Å². The third-order valence-corrected chi connectivity index (χ3v) is 4.75. The van der Waals surface area contributed by atoms with Gasteiger partial charge in [-0.3, -0.25) is 0 Å². The van der Waals surface area contributed by atoms with Crippen LogP contribution < -0.4 is 9.80 Å². The van der Waals surface area contributed by atoms with Gasteiger partial charge in [-0.1, -0.05) is 18.2 Å². The number of piperazine rings is 1. The van der Waals surface area contributed by atoms with Gasteiger partial charge in [0.05, 0.1) is 31.7 Å². The lowest BCUT2D eigenvalue weighted by Gasteiger charge is -2.33. The minimum atomic E-state index is -4.31. The summed E-state index contributed by atoms with van der Waals surface area (Å²) in [5.41, 5.74) is 1.66. The standard InChI is InChI=1S/C19H18F3N3O/c20-19(21,22)14-4-3-5-15(12-14)25-10-8-24(9-11-25)13-18-23-16-6-1-2-7-17(16)26-18/h1-7,12H,8-11,13H2/p+1. The highest BCUT2D eigenvalue weighted by Crippen LogP contribution is 2.31. The second kappa shape index (κ2) is 6.64. The summed E-state index contributed by atoms with van der Waals surface area (Å²) in [4.78, 5) is 7.82. The molecule has 1 saturated heterocycles. The number of benzene rings is 2. The molecule has 0 aliphatic carbocycles. The second-order valence-corrected chi connectivity index (χ2v) is 6.54. The lowest BCUT2D eigenvalue weighted by atomic mass is 10.1. The Hall–Kier alpha value is -2.54. The maximum atomic E-state index is 12.9. The highest BCUT2D eigenvalue weighted by molar-refractivity contribution is 5.72. The van der Waals surface area contributed by atoms with Crippen LogP contribution in [0.4, 0.5) is 18.9 Å². The van der Waals surface area contributed by atoms with Crippen molar-refractivity contribution in [1.82, 2.24) is 4.98 Å². The Kier molecular flexibility index (Phi) is 4.32. The number of rotatable bonds is 3. The molecule has 0 saturated carbocycles. The monoisotopic (exact) mass is 362 g/mol. The van der Waals surface area contributed by atoms with Crippen molar-refractivity contribution in [3.05, 3.63) is 60.0 Å². The normalized spacial score (nSPS) is 16.3. The molecule has 2 aromatic carbocycles. The van der Waals surface area contributed by atoms with Crippen molar-refractivity contribution in [2.24, 2.45) is 0 Å². The van der Waals surface area contributed by atoms with Gasteiger partial charge in [0.25, 0.3) is 5.89 Å². The average molecular weight is 362 g/mol. The van der Waals surface area contributed by atoms with Gasteiger partial charge in [0.2, 0.25) is 0 Å². The van der Waals surface area contributed by atoms with E-state index in [-0.39, 0.29) is 0 Å². The summed E-state index contributed by atoms with van der Waals surface area (Å²) in [5.74, 6) is 0.703. The number of hydrogen-bond acceptors (Lipinski definition) is 3. The molecule has 26 heavy (non-hydrogen) atoms. The first-order valence-corrected chi connectivity index (χ1v) is 8.59. The van der Waals surface area contributed by atoms with E-state index < -0.39 is 11.7 Å². The molecule has 4 rings (SSSR count). The van der Waals surface area contributed by atoms with Gasteiger partial charge in [0, 0.05) is 5.69 Å². The lowest BCUT2D eigenvalue weighted by Crippen LogP contribution is -3.13. The fourth-order valence-electron chi connectivity index (χ4n) is 3.35. The number of nitrogens with zero attached hydrogens (tertiary/aromatic N) is 2. The van der Waals surface area contributed by atoms with Crippen LogP contribution in [-0.4, -0.2) is 31.2 Å². The first-order valence-electron chi connectivity index (χ1n) is 8.59. The summed E-state index contributed by atoms with van der Waals surface area (Å²) >= 11 is 0. The van der Waals surface area contributed by atoms with Crippen LogP contribution in [0.3, 0.4) is 0 Å². The zero-order chi connectivity index (χ0) is 18.1. The number of quaternary nitrogens is 1. The van der Waals surface area contributed by atoms with E-state index in [0.29, 0.717) is 31.2 Å². The third-order valence-electron chi connectivity index (χ3n) is 4.75. The number of oxazole rings is 1. The van der Waals surface area contributed by atoms with Gasteiger partial charge in [-0.25, -0.2) is 4.98 Å². The smallest absolute Gasteiger partial charge is 0.416 e. The Morgan fingerprint density at radius 2 is 1.81 bits per heavy atom. The molecular weight excluding hydrogens is 343 g/mol. The largest absolute Gasteiger partial charge is 0.435 e. The predicted octanol–water partition coefficient (Wildman–Crippen LogP) is 2.75. The molecule has 4 nitrogen and oxygen atoms in total. The maximum Gasteiger partial charge on any atom is 0.416 e. The van der Waals surface area contributed by atoms with Gasteiger partial charge in [0.1, 0.15) is 5.52 Å². The van der Waals surface area contributed by atoms with Gasteiger partial charge in [0.15, 0.2) is 12.1 Å². The Morgan fingerprint density at radius 1 is 1.04 bits per heavy atom. The van der Waals surface area contributed by atoms with E-state index in [1.807, 2.05) is 29.2 Å². The van der Waals surface area contributed by atoms with Crippen molar-refractivity contribution >= 4 is 16.8 Å². The Morgan fingerprint density at radius 3 is 2.54 bits per heavy atom. The number of halogens is 3. The summed E-state index contributed by atoms with van der Waals surface area (Å²) in [7, 11) is 0. The summed E-state index contributed by atoms with van der Waals surface area (Å²) in [6.07, 6.45) is -4.31. The lowest BCUT2D eigenvalue weighted by molar-refractivity contribution is -0.915. The van der Waals surface area contributed by atoms with E-state index in [4.69, 9.17) is 4.42 Å². The third kappa shape index (κ3) is 3.53. The van der Waals surface area contributed by atoms with E-state index >= 15 is 0 Å². The number of para-hydroxylation sites is 2. The Bertz CT molecular complexity index is 865. The number of aromatic nitrogens is 1. The molecule has 0 radical (unpaired) electrons. The molecule has 1 aliphatic heterocycles. The van der Waals surface area contributed by atoms with Crippen LogP contribution >= 0.6 is 0 Å². The first-order chi connectivity index (χ1) is 12.5. The van der Waals surface area contributed by atoms with Crippen LogP contribution in [0.15, 0.2) is 52.9 Å². The van der Waals surface area contributed by atoms with Crippen molar-refractivity contribution < 1.29 is 22.5 Å². The molecule has 0 atom stereocenters. The molecule has 1 aliphatic rings. The number of anilines is 1. The van der Waals surface area contributed by atoms with Crippen molar-refractivity contribution in [3.8, 4) is 0 Å². The molecule has 3 aromatic rings. The Balaban J connectivity index is 1.39. The number of nitrogens with one attached hydrogen (secondary N) is 1. The fourth-order valence-corrected chi connectivity index (χ4v) is 3.35. The topological polar surface area (TPSA) is 33.7 Å². The van der Waals surface area contributed by atoms with Crippen LogP contribution in [0.25, 0.3) is 11.1 Å². The zero-order valence-electron chi connectivity index (χ0n) is 14.1. The quantitative estimate of drug-likeness (QED) is 0.778.